The van der Waals surface area contributed by atoms with Crippen molar-refractivity contribution >= 4 is 49.4 Å². The van der Waals surface area contributed by atoms with E-state index < -0.39 is 15.4 Å². The van der Waals surface area contributed by atoms with Crippen LogP contribution in [0.15, 0.2) is 40.2 Å². The molecule has 2 N–H and O–H groups in total. The van der Waals surface area contributed by atoms with Crippen molar-refractivity contribution in [1.82, 2.24) is 9.55 Å². The van der Waals surface area contributed by atoms with Crippen molar-refractivity contribution < 1.29 is 8.42 Å². The van der Waals surface area contributed by atoms with Crippen LogP contribution in [-0.2, 0) is 16.9 Å². The molecule has 1 unspecified atom stereocenters. The second-order valence-electron chi connectivity index (χ2n) is 8.26. The van der Waals surface area contributed by atoms with Gasteiger partial charge in [-0.3, -0.25) is 4.79 Å². The molecule has 1 aromatic carbocycles. The summed E-state index contributed by atoms with van der Waals surface area (Å²) < 4.78 is 27.5. The molecule has 1 fully saturated rings. The normalized spacial score (nSPS) is 19.5. The van der Waals surface area contributed by atoms with Gasteiger partial charge in [0.1, 0.15) is 16.8 Å². The fourth-order valence-corrected chi connectivity index (χ4v) is 6.18. The summed E-state index contributed by atoms with van der Waals surface area (Å²) in [5.41, 5.74) is 1.79. The second-order valence-corrected chi connectivity index (χ2v) is 10.7. The SMILES string of the molecule is Cn1c(=O)c2c(c3cc(Nc4ccnc(Cl)c4C#N)ccc31)NC(C1CC1)CCS2(=O)=O. The molecule has 0 radical (unpaired) electrons. The van der Waals surface area contributed by atoms with Crippen LogP contribution in [0.3, 0.4) is 0 Å². The summed E-state index contributed by atoms with van der Waals surface area (Å²) >= 11 is 6.04. The van der Waals surface area contributed by atoms with Crippen LogP contribution in [0.5, 0.6) is 0 Å². The Labute approximate surface area is 189 Å². The lowest BCUT2D eigenvalue weighted by Gasteiger charge is -2.20. The van der Waals surface area contributed by atoms with Crippen LogP contribution in [0.2, 0.25) is 5.15 Å². The maximum Gasteiger partial charge on any atom is 0.271 e. The van der Waals surface area contributed by atoms with Gasteiger partial charge in [0, 0.05) is 30.4 Å². The summed E-state index contributed by atoms with van der Waals surface area (Å²) in [4.78, 5) is 16.8. The standard InChI is InChI=1S/C22H20ClN5O3S/c1-28-18-5-4-13(26-17-6-8-25-21(23)15(17)11-24)10-14(18)19-20(22(28)29)32(30,31)9-7-16(27-19)12-2-3-12/h4-6,8,10,12,16,27H,2-3,7,9H2,1H3,(H,25,26). The van der Waals surface area contributed by atoms with E-state index in [0.29, 0.717) is 40.3 Å². The van der Waals surface area contributed by atoms with Gasteiger partial charge < -0.3 is 15.2 Å². The summed E-state index contributed by atoms with van der Waals surface area (Å²) in [6, 6.07) is 9.02. The molecule has 0 saturated heterocycles. The van der Waals surface area contributed by atoms with Crippen molar-refractivity contribution in [1.29, 1.82) is 5.26 Å². The number of aryl methyl sites for hydroxylation is 1. The number of pyridine rings is 2. The van der Waals surface area contributed by atoms with E-state index in [1.165, 1.54) is 10.8 Å². The Balaban J connectivity index is 1.71. The third-order valence-corrected chi connectivity index (χ3v) is 8.24. The Bertz CT molecular complexity index is 1470. The first kappa shape index (κ1) is 20.8. The molecule has 2 aliphatic rings. The molecular weight excluding hydrogens is 450 g/mol. The average Bonchev–Trinajstić information content (AvgIpc) is 3.60. The van der Waals surface area contributed by atoms with Crippen LogP contribution in [-0.4, -0.2) is 29.8 Å². The highest BCUT2D eigenvalue weighted by Crippen LogP contribution is 2.41. The van der Waals surface area contributed by atoms with E-state index in [1.54, 1.807) is 31.3 Å². The zero-order valence-electron chi connectivity index (χ0n) is 17.2. The number of nitrogens with zero attached hydrogens (tertiary/aromatic N) is 3. The van der Waals surface area contributed by atoms with Crippen LogP contribution < -0.4 is 16.2 Å². The summed E-state index contributed by atoms with van der Waals surface area (Å²) in [6.07, 6.45) is 4.09. The molecule has 1 aliphatic heterocycles. The number of hydrogen-bond donors (Lipinski definition) is 2. The number of nitrogens with one attached hydrogen (secondary N) is 2. The van der Waals surface area contributed by atoms with Crippen molar-refractivity contribution in [2.24, 2.45) is 13.0 Å². The molecule has 2 aromatic heterocycles. The Morgan fingerprint density at radius 2 is 2.06 bits per heavy atom. The molecule has 10 heteroatoms. The third kappa shape index (κ3) is 3.40. The number of anilines is 3. The third-order valence-electron chi connectivity index (χ3n) is 6.18. The van der Waals surface area contributed by atoms with Gasteiger partial charge >= 0.3 is 0 Å². The maximum atomic E-state index is 13.1. The van der Waals surface area contributed by atoms with Crippen molar-refractivity contribution in [2.45, 2.75) is 30.2 Å². The first-order chi connectivity index (χ1) is 15.3. The lowest BCUT2D eigenvalue weighted by molar-refractivity contribution is 0.581. The predicted octanol–water partition coefficient (Wildman–Crippen LogP) is 3.57. The topological polar surface area (TPSA) is 117 Å². The molecule has 1 atom stereocenters. The van der Waals surface area contributed by atoms with Gasteiger partial charge in [0.05, 0.1) is 22.6 Å². The van der Waals surface area contributed by atoms with Gasteiger partial charge in [-0.25, -0.2) is 13.4 Å². The number of rotatable bonds is 3. The highest BCUT2D eigenvalue weighted by molar-refractivity contribution is 7.91. The highest BCUT2D eigenvalue weighted by Gasteiger charge is 2.38. The fraction of sp³-hybridized carbons (Fsp3) is 0.318. The van der Waals surface area contributed by atoms with Crippen LogP contribution in [0.25, 0.3) is 10.9 Å². The fourth-order valence-electron chi connectivity index (χ4n) is 4.33. The van der Waals surface area contributed by atoms with E-state index in [2.05, 4.69) is 15.6 Å². The number of hydrogen-bond acceptors (Lipinski definition) is 7. The molecule has 1 aliphatic carbocycles. The van der Waals surface area contributed by atoms with E-state index in [1.807, 2.05) is 6.07 Å². The molecule has 3 heterocycles. The monoisotopic (exact) mass is 469 g/mol. The minimum atomic E-state index is -3.73. The van der Waals surface area contributed by atoms with E-state index in [0.717, 1.165) is 12.8 Å². The lowest BCUT2D eigenvalue weighted by Crippen LogP contribution is -2.26. The lowest BCUT2D eigenvalue weighted by atomic mass is 10.1. The minimum absolute atomic E-state index is 0.0159. The Morgan fingerprint density at radius 1 is 1.28 bits per heavy atom. The number of benzene rings is 1. The number of nitriles is 1. The zero-order valence-corrected chi connectivity index (χ0v) is 18.8. The minimum Gasteiger partial charge on any atom is -0.380 e. The number of halogens is 1. The molecule has 0 amide bonds. The molecule has 5 rings (SSSR count). The van der Waals surface area contributed by atoms with Gasteiger partial charge in [-0.1, -0.05) is 11.6 Å². The van der Waals surface area contributed by atoms with Crippen molar-refractivity contribution in [3.05, 3.63) is 51.5 Å². The van der Waals surface area contributed by atoms with Crippen molar-refractivity contribution in [3.8, 4) is 6.07 Å². The average molecular weight is 470 g/mol. The first-order valence-corrected chi connectivity index (χ1v) is 12.3. The number of aromatic nitrogens is 2. The predicted molar refractivity (Wildman–Crippen MR) is 123 cm³/mol. The molecule has 3 aromatic rings. The highest BCUT2D eigenvalue weighted by atomic mass is 35.5. The van der Waals surface area contributed by atoms with Gasteiger partial charge in [-0.15, -0.1) is 0 Å². The van der Waals surface area contributed by atoms with Crippen LogP contribution in [0.4, 0.5) is 17.1 Å². The smallest absolute Gasteiger partial charge is 0.271 e. The van der Waals surface area contributed by atoms with Gasteiger partial charge in [-0.05, 0) is 49.4 Å². The molecule has 1 saturated carbocycles. The molecule has 32 heavy (non-hydrogen) atoms. The largest absolute Gasteiger partial charge is 0.380 e. The molecule has 0 bridgehead atoms. The molecule has 0 spiro atoms. The maximum absolute atomic E-state index is 13.1. The Kier molecular flexibility index (Phi) is 4.87. The summed E-state index contributed by atoms with van der Waals surface area (Å²) in [7, 11) is -2.16. The van der Waals surface area contributed by atoms with Gasteiger partial charge in [-0.2, -0.15) is 5.26 Å². The molecule has 164 valence electrons. The zero-order chi connectivity index (χ0) is 22.6. The number of sulfone groups is 1. The van der Waals surface area contributed by atoms with E-state index in [-0.39, 0.29) is 27.4 Å². The van der Waals surface area contributed by atoms with E-state index in [9.17, 15) is 18.5 Å². The summed E-state index contributed by atoms with van der Waals surface area (Å²) in [5.74, 6) is 0.377. The van der Waals surface area contributed by atoms with Gasteiger partial charge in [0.25, 0.3) is 5.56 Å². The van der Waals surface area contributed by atoms with Crippen LogP contribution in [0, 0.1) is 17.2 Å². The number of fused-ring (bicyclic) bond motifs is 3. The molecular formula is C22H20ClN5O3S. The summed E-state index contributed by atoms with van der Waals surface area (Å²) in [5, 5.41) is 16.7. The summed E-state index contributed by atoms with van der Waals surface area (Å²) in [6.45, 7) is 0. The van der Waals surface area contributed by atoms with E-state index >= 15 is 0 Å². The van der Waals surface area contributed by atoms with E-state index in [4.69, 9.17) is 11.6 Å². The second kappa shape index (κ2) is 7.50. The quantitative estimate of drug-likeness (QED) is 0.563. The van der Waals surface area contributed by atoms with Gasteiger partial charge in [0.2, 0.25) is 0 Å². The Morgan fingerprint density at radius 3 is 2.78 bits per heavy atom. The van der Waals surface area contributed by atoms with Crippen molar-refractivity contribution in [2.75, 3.05) is 16.4 Å². The van der Waals surface area contributed by atoms with Crippen LogP contribution >= 0.6 is 11.6 Å². The van der Waals surface area contributed by atoms with Gasteiger partial charge in [0.15, 0.2) is 14.7 Å². The Hall–Kier alpha value is -3.09. The van der Waals surface area contributed by atoms with Crippen molar-refractivity contribution in [3.63, 3.8) is 0 Å². The molecule has 8 nitrogen and oxygen atoms in total. The van der Waals surface area contributed by atoms with Crippen LogP contribution in [0.1, 0.15) is 24.8 Å². The first-order valence-electron chi connectivity index (χ1n) is 10.3.